The second-order valence-corrected chi connectivity index (χ2v) is 8.75. The Hall–Kier alpha value is -3.96. The molecule has 0 fully saturated rings. The van der Waals surface area contributed by atoms with Gasteiger partial charge in [-0.15, -0.1) is 0 Å². The van der Waals surface area contributed by atoms with Crippen LogP contribution in [0.25, 0.3) is 22.8 Å². The van der Waals surface area contributed by atoms with E-state index in [-0.39, 0.29) is 12.1 Å². The monoisotopic (exact) mass is 454 g/mol. The molecule has 0 unspecified atom stereocenters. The van der Waals surface area contributed by atoms with Crippen LogP contribution in [0, 0.1) is 18.3 Å². The van der Waals surface area contributed by atoms with Gasteiger partial charge in [0.2, 0.25) is 5.82 Å². The molecule has 172 valence electrons. The lowest BCUT2D eigenvalue weighted by Gasteiger charge is -2.13. The van der Waals surface area contributed by atoms with Crippen molar-refractivity contribution >= 4 is 0 Å². The molecule has 1 aliphatic rings. The largest absolute Gasteiger partial charge is 0.490 e. The first kappa shape index (κ1) is 21.9. The number of nitrogens with one attached hydrogen (secondary N) is 2. The van der Waals surface area contributed by atoms with Gasteiger partial charge in [-0.2, -0.15) is 10.2 Å². The number of aromatic amines is 1. The molecule has 1 aliphatic carbocycles. The topological polar surface area (TPSA) is 113 Å². The number of hydrogen-bond acceptors (Lipinski definition) is 7. The van der Waals surface area contributed by atoms with Gasteiger partial charge in [0.1, 0.15) is 17.6 Å². The smallest absolute Gasteiger partial charge is 0.258 e. The Morgan fingerprint density at radius 3 is 2.91 bits per heavy atom. The molecule has 34 heavy (non-hydrogen) atoms. The number of nitrogens with zero attached hydrogens (tertiary/aromatic N) is 4. The highest BCUT2D eigenvalue weighted by molar-refractivity contribution is 5.67. The molecule has 8 nitrogen and oxygen atoms in total. The van der Waals surface area contributed by atoms with Crippen LogP contribution in [0.1, 0.15) is 54.5 Å². The predicted octanol–water partition coefficient (Wildman–Crippen LogP) is 4.87. The molecule has 2 aromatic heterocycles. The minimum absolute atomic E-state index is 0.0188. The lowest BCUT2D eigenvalue weighted by Crippen LogP contribution is -2.19. The lowest BCUT2D eigenvalue weighted by atomic mass is 10.0. The van der Waals surface area contributed by atoms with Crippen LogP contribution in [-0.2, 0) is 13.0 Å². The van der Waals surface area contributed by atoms with Crippen LogP contribution >= 0.6 is 0 Å². The summed E-state index contributed by atoms with van der Waals surface area (Å²) in [5.41, 5.74) is 5.59. The number of fused-ring (bicyclic) bond motifs is 1. The highest BCUT2D eigenvalue weighted by Gasteiger charge is 2.26. The Bertz CT molecular complexity index is 1360. The fourth-order valence-electron chi connectivity index (χ4n) is 4.41. The third-order valence-electron chi connectivity index (χ3n) is 5.92. The molecule has 0 radical (unpaired) electrons. The molecule has 8 heteroatoms. The SMILES string of the molecule is Cc1c[nH]c(CN[C@H]2CCc3c(-c4noc(-c5ccc(OC(C)C)c(C#N)c5)n4)cccc32)n1. The van der Waals surface area contributed by atoms with Crippen LogP contribution in [-0.4, -0.2) is 26.2 Å². The summed E-state index contributed by atoms with van der Waals surface area (Å²) < 4.78 is 11.3. The predicted molar refractivity (Wildman–Crippen MR) is 127 cm³/mol. The number of H-pyrrole nitrogens is 1. The number of rotatable bonds is 7. The molecule has 4 aromatic rings. The number of aromatic nitrogens is 4. The lowest BCUT2D eigenvalue weighted by molar-refractivity contribution is 0.241. The summed E-state index contributed by atoms with van der Waals surface area (Å²) >= 11 is 0. The van der Waals surface area contributed by atoms with Crippen LogP contribution in [0.15, 0.2) is 47.1 Å². The standard InChI is InChI=1S/C26H26N6O2/c1-15(2)33-23-10-7-17(11-18(23)12-27)26-31-25(32-34-26)21-6-4-5-20-19(21)8-9-22(20)28-14-24-29-13-16(3)30-24/h4-7,10-11,13,15,22,28H,8-9,14H2,1-3H3,(H,29,30)/t22-/m0/s1. The number of hydrogen-bond donors (Lipinski definition) is 2. The molecule has 0 aliphatic heterocycles. The van der Waals surface area contributed by atoms with E-state index in [1.54, 1.807) is 12.1 Å². The summed E-state index contributed by atoms with van der Waals surface area (Å²) in [5, 5.41) is 17.4. The molecule has 0 spiro atoms. The van der Waals surface area contributed by atoms with Crippen LogP contribution < -0.4 is 10.1 Å². The summed E-state index contributed by atoms with van der Waals surface area (Å²) in [5.74, 6) is 2.41. The fourth-order valence-corrected chi connectivity index (χ4v) is 4.41. The maximum atomic E-state index is 9.53. The van der Waals surface area contributed by atoms with Gasteiger partial charge in [0.25, 0.3) is 5.89 Å². The number of ether oxygens (including phenoxy) is 1. The Labute approximate surface area is 198 Å². The first-order valence-electron chi connectivity index (χ1n) is 11.4. The van der Waals surface area contributed by atoms with Crippen LogP contribution in [0.5, 0.6) is 5.75 Å². The van der Waals surface area contributed by atoms with Gasteiger partial charge in [0.05, 0.1) is 23.9 Å². The van der Waals surface area contributed by atoms with E-state index in [0.29, 0.717) is 35.1 Å². The van der Waals surface area contributed by atoms with E-state index in [1.165, 1.54) is 11.1 Å². The average Bonchev–Trinajstić information content (AvgIpc) is 3.57. The second-order valence-electron chi connectivity index (χ2n) is 8.75. The minimum atomic E-state index is -0.0188. The number of imidazole rings is 1. The number of benzene rings is 2. The Morgan fingerprint density at radius 1 is 1.26 bits per heavy atom. The molecule has 2 heterocycles. The van der Waals surface area contributed by atoms with Crippen molar-refractivity contribution in [2.75, 3.05) is 0 Å². The van der Waals surface area contributed by atoms with Crippen molar-refractivity contribution in [3.05, 3.63) is 70.8 Å². The molecule has 5 rings (SSSR count). The molecule has 2 aromatic carbocycles. The maximum Gasteiger partial charge on any atom is 0.258 e. The van der Waals surface area contributed by atoms with E-state index < -0.39 is 0 Å². The van der Waals surface area contributed by atoms with Crippen molar-refractivity contribution in [3.8, 4) is 34.7 Å². The quantitative estimate of drug-likeness (QED) is 0.409. The van der Waals surface area contributed by atoms with E-state index in [1.807, 2.05) is 45.2 Å². The van der Waals surface area contributed by atoms with E-state index in [4.69, 9.17) is 9.26 Å². The first-order valence-corrected chi connectivity index (χ1v) is 11.4. The number of aryl methyl sites for hydroxylation is 1. The van der Waals surface area contributed by atoms with Crippen molar-refractivity contribution in [1.82, 2.24) is 25.4 Å². The Balaban J connectivity index is 1.38. The zero-order valence-electron chi connectivity index (χ0n) is 19.4. The molecular weight excluding hydrogens is 428 g/mol. The van der Waals surface area contributed by atoms with Gasteiger partial charge in [-0.3, -0.25) is 0 Å². The average molecular weight is 455 g/mol. The van der Waals surface area contributed by atoms with Gasteiger partial charge >= 0.3 is 0 Å². The molecule has 0 saturated heterocycles. The van der Waals surface area contributed by atoms with Gasteiger partial charge in [-0.05, 0) is 62.9 Å². The van der Waals surface area contributed by atoms with Gasteiger partial charge in [0.15, 0.2) is 0 Å². The Kier molecular flexibility index (Phi) is 5.86. The molecular formula is C26H26N6O2. The van der Waals surface area contributed by atoms with Crippen molar-refractivity contribution in [2.45, 2.75) is 52.3 Å². The summed E-state index contributed by atoms with van der Waals surface area (Å²) in [4.78, 5) is 12.3. The molecule has 0 bridgehead atoms. The third-order valence-corrected chi connectivity index (χ3v) is 5.92. The van der Waals surface area contributed by atoms with Gasteiger partial charge in [-0.25, -0.2) is 4.98 Å². The maximum absolute atomic E-state index is 9.53. The highest BCUT2D eigenvalue weighted by Crippen LogP contribution is 2.37. The van der Waals surface area contributed by atoms with E-state index in [2.05, 4.69) is 37.6 Å². The normalized spacial score (nSPS) is 14.9. The molecule has 1 atom stereocenters. The zero-order chi connectivity index (χ0) is 23.7. The van der Waals surface area contributed by atoms with E-state index in [9.17, 15) is 5.26 Å². The van der Waals surface area contributed by atoms with Crippen LogP contribution in [0.3, 0.4) is 0 Å². The van der Waals surface area contributed by atoms with Gasteiger partial charge in [-0.1, -0.05) is 23.4 Å². The number of nitriles is 1. The summed E-state index contributed by atoms with van der Waals surface area (Å²) in [7, 11) is 0. The summed E-state index contributed by atoms with van der Waals surface area (Å²) in [6.07, 6.45) is 3.83. The molecule has 0 saturated carbocycles. The molecule has 2 N–H and O–H groups in total. The van der Waals surface area contributed by atoms with Crippen molar-refractivity contribution in [1.29, 1.82) is 5.26 Å². The Morgan fingerprint density at radius 2 is 2.15 bits per heavy atom. The van der Waals surface area contributed by atoms with Crippen molar-refractivity contribution in [3.63, 3.8) is 0 Å². The minimum Gasteiger partial charge on any atom is -0.490 e. The van der Waals surface area contributed by atoms with Gasteiger partial charge < -0.3 is 19.6 Å². The zero-order valence-corrected chi connectivity index (χ0v) is 19.4. The fraction of sp³-hybridized carbons (Fsp3) is 0.308. The van der Waals surface area contributed by atoms with Crippen LogP contribution in [0.4, 0.5) is 0 Å². The summed E-state index contributed by atoms with van der Waals surface area (Å²) in [6.45, 7) is 6.52. The summed E-state index contributed by atoms with van der Waals surface area (Å²) in [6, 6.07) is 14.0. The van der Waals surface area contributed by atoms with Crippen molar-refractivity contribution < 1.29 is 9.26 Å². The van der Waals surface area contributed by atoms with Gasteiger partial charge in [0, 0.05) is 23.4 Å². The van der Waals surface area contributed by atoms with Crippen molar-refractivity contribution in [2.24, 2.45) is 0 Å². The third kappa shape index (κ3) is 4.30. The van der Waals surface area contributed by atoms with Crippen LogP contribution in [0.2, 0.25) is 0 Å². The van der Waals surface area contributed by atoms with E-state index >= 15 is 0 Å². The molecule has 0 amide bonds. The first-order chi connectivity index (χ1) is 16.5. The van der Waals surface area contributed by atoms with E-state index in [0.717, 1.165) is 29.9 Å². The second kappa shape index (κ2) is 9.12. The highest BCUT2D eigenvalue weighted by atomic mass is 16.5.